The minimum atomic E-state index is -5.02. The number of carbonyl (C=O) groups excluding carboxylic acids is 1. The van der Waals surface area contributed by atoms with Crippen molar-refractivity contribution in [2.75, 3.05) is 12.4 Å². The molecule has 0 aliphatic carbocycles. The molecule has 0 rings (SSSR count). The topological polar surface area (TPSA) is 189 Å². The molecule has 0 bridgehead atoms. The van der Waals surface area contributed by atoms with E-state index >= 15 is 0 Å². The van der Waals surface area contributed by atoms with Crippen LogP contribution in [-0.2, 0) is 39.9 Å². The number of carbonyl (C=O) groups is 1. The van der Waals surface area contributed by atoms with Crippen LogP contribution < -0.4 is 0 Å². The van der Waals surface area contributed by atoms with Crippen molar-refractivity contribution in [3.05, 3.63) is 0 Å². The minimum absolute atomic E-state index is 0. The number of ether oxygens (including phenoxy) is 1. The fourth-order valence-electron chi connectivity index (χ4n) is 3.28. The third-order valence-corrected chi connectivity index (χ3v) is 8.50. The van der Waals surface area contributed by atoms with Gasteiger partial charge in [-0.25, -0.2) is 0 Å². The fraction of sp³-hybridized carbons (Fsp3) is 0.947. The number of rotatable bonds is 20. The van der Waals surface area contributed by atoms with E-state index in [1.807, 2.05) is 0 Å². The van der Waals surface area contributed by atoms with Crippen molar-refractivity contribution >= 4 is 125 Å². The molecule has 2 unspecified atom stereocenters. The van der Waals surface area contributed by atoms with E-state index in [1.54, 1.807) is 0 Å². The van der Waals surface area contributed by atoms with E-state index in [0.717, 1.165) is 25.7 Å². The van der Waals surface area contributed by atoms with Crippen LogP contribution in [0, 0.1) is 0 Å². The van der Waals surface area contributed by atoms with Gasteiger partial charge in [0.15, 0.2) is 5.25 Å². The zero-order valence-electron chi connectivity index (χ0n) is 19.1. The normalized spacial score (nSPS) is 13.4. The number of hydrogen-bond acceptors (Lipinski definition) is 8. The maximum absolute atomic E-state index is 12.1. The van der Waals surface area contributed by atoms with Gasteiger partial charge in [0, 0.05) is 0 Å². The number of unbranched alkanes of at least 4 members (excludes halogenated alkanes) is 11. The van der Waals surface area contributed by atoms with E-state index in [1.165, 1.54) is 38.5 Å². The first-order chi connectivity index (χ1) is 15.2. The molecule has 17 heteroatoms. The molecule has 36 heavy (non-hydrogen) atoms. The Morgan fingerprint density at radius 2 is 1.06 bits per heavy atom. The van der Waals surface area contributed by atoms with Crippen LogP contribution in [0.25, 0.3) is 0 Å². The van der Waals surface area contributed by atoms with E-state index in [0.29, 0.717) is 12.8 Å². The first-order valence-electron chi connectivity index (χ1n) is 11.2. The van der Waals surface area contributed by atoms with Crippen molar-refractivity contribution in [1.82, 2.24) is 0 Å². The van der Waals surface area contributed by atoms with Crippen LogP contribution in [0.2, 0.25) is 0 Å². The van der Waals surface area contributed by atoms with Crippen LogP contribution in [0.15, 0.2) is 0 Å². The van der Waals surface area contributed by atoms with Crippen molar-refractivity contribution < 1.29 is 48.4 Å². The van der Waals surface area contributed by atoms with Gasteiger partial charge in [0.1, 0.15) is 11.9 Å². The van der Waals surface area contributed by atoms with Gasteiger partial charge in [-0.2, -0.15) is 25.3 Å². The molecule has 11 nitrogen and oxygen atoms in total. The van der Waals surface area contributed by atoms with Gasteiger partial charge in [0.2, 0.25) is 0 Å². The Hall–Kier alpha value is 2.20. The van der Waals surface area contributed by atoms with Crippen molar-refractivity contribution in [2.24, 2.45) is 0 Å². The van der Waals surface area contributed by atoms with E-state index < -0.39 is 59.2 Å². The summed E-state index contributed by atoms with van der Waals surface area (Å²) in [7, 11) is -14.7. The van der Waals surface area contributed by atoms with Gasteiger partial charge in [-0.15, -0.1) is 0 Å². The summed E-state index contributed by atoms with van der Waals surface area (Å²) in [4.78, 5) is 12.1. The van der Waals surface area contributed by atoms with Crippen LogP contribution in [0.1, 0.15) is 90.4 Å². The Balaban J connectivity index is -0.00000171. The molecule has 3 N–H and O–H groups in total. The molecule has 2 atom stereocenters. The summed E-state index contributed by atoms with van der Waals surface area (Å²) in [5, 5.41) is -4.17. The second kappa shape index (κ2) is 23.9. The van der Waals surface area contributed by atoms with Gasteiger partial charge < -0.3 is 4.74 Å². The zero-order valence-corrected chi connectivity index (χ0v) is 21.5. The first-order valence-corrected chi connectivity index (χ1v) is 15.8. The standard InChI is InChI=1S/C19H38O11S3.3Na.3H/c1-2-3-4-5-6-7-8-9-10-11-12-13-14-18(33(27,28)29)19(20)30-15-17(32(24,25)26)16-31(21,22)23;;;;;;/h17-18H,2-16H2,1H3,(H,21,22,23)(H,24,25,26)(H,27,28,29);;;;;;. The van der Waals surface area contributed by atoms with Crippen molar-refractivity contribution in [2.45, 2.75) is 101 Å². The van der Waals surface area contributed by atoms with Crippen LogP contribution in [-0.4, -0.2) is 156 Å². The molecule has 0 aromatic carbocycles. The molecule has 0 fully saturated rings. The van der Waals surface area contributed by atoms with Crippen molar-refractivity contribution in [3.8, 4) is 0 Å². The molecule has 204 valence electrons. The summed E-state index contributed by atoms with van der Waals surface area (Å²) in [5.41, 5.74) is 0. The van der Waals surface area contributed by atoms with Gasteiger partial charge >= 0.3 is 94.6 Å². The third-order valence-electron chi connectivity index (χ3n) is 5.17. The molecule has 0 aliphatic heterocycles. The fourth-order valence-corrected chi connectivity index (χ4v) is 6.07. The Bertz CT molecular complexity index is 880. The Kier molecular flexibility index (Phi) is 30.0. The summed E-state index contributed by atoms with van der Waals surface area (Å²) in [6.45, 7) is 0.968. The molecule has 0 aliphatic rings. The molecule has 0 amide bonds. The van der Waals surface area contributed by atoms with Gasteiger partial charge in [0.25, 0.3) is 30.4 Å². The quantitative estimate of drug-likeness (QED) is 0.0774. The zero-order chi connectivity index (χ0) is 25.5. The SMILES string of the molecule is CCCCCCCCCCCCCCC(C(=O)OCC(CS(=O)(=O)O)S(=O)(=O)O)S(=O)(=O)O.[NaH].[NaH].[NaH]. The first kappa shape index (κ1) is 45.2. The van der Waals surface area contributed by atoms with Gasteiger partial charge in [-0.05, 0) is 6.42 Å². The summed E-state index contributed by atoms with van der Waals surface area (Å²) in [6.07, 6.45) is 12.0. The molecule has 0 heterocycles. The van der Waals surface area contributed by atoms with Crippen molar-refractivity contribution in [3.63, 3.8) is 0 Å². The number of esters is 1. The second-order valence-corrected chi connectivity index (χ2v) is 13.0. The van der Waals surface area contributed by atoms with Crippen LogP contribution >= 0.6 is 0 Å². The second-order valence-electron chi connectivity index (χ2n) is 8.20. The van der Waals surface area contributed by atoms with E-state index in [2.05, 4.69) is 11.7 Å². The van der Waals surface area contributed by atoms with Crippen LogP contribution in [0.4, 0.5) is 0 Å². The third kappa shape index (κ3) is 25.2. The average molecular weight is 611 g/mol. The molecule has 0 spiro atoms. The van der Waals surface area contributed by atoms with Crippen LogP contribution in [0.5, 0.6) is 0 Å². The predicted molar refractivity (Wildman–Crippen MR) is 145 cm³/mol. The van der Waals surface area contributed by atoms with E-state index in [4.69, 9.17) is 9.11 Å². The predicted octanol–water partition coefficient (Wildman–Crippen LogP) is 1.08. The summed E-state index contributed by atoms with van der Waals surface area (Å²) < 4.78 is 98.8. The summed E-state index contributed by atoms with van der Waals surface area (Å²) in [6, 6.07) is 0. The monoisotopic (exact) mass is 610 g/mol. The van der Waals surface area contributed by atoms with Gasteiger partial charge in [-0.1, -0.05) is 84.0 Å². The molecular formula is C19H41Na3O11S3. The van der Waals surface area contributed by atoms with Crippen molar-refractivity contribution in [1.29, 1.82) is 0 Å². The average Bonchev–Trinajstić information content (AvgIpc) is 2.66. The molecule has 0 radical (unpaired) electrons. The molecule has 0 aromatic heterocycles. The van der Waals surface area contributed by atoms with E-state index in [9.17, 15) is 34.6 Å². The van der Waals surface area contributed by atoms with Crippen LogP contribution in [0.3, 0.4) is 0 Å². The number of hydrogen-bond donors (Lipinski definition) is 3. The molecule has 0 saturated carbocycles. The van der Waals surface area contributed by atoms with Gasteiger partial charge in [0.05, 0.1) is 5.75 Å². The summed E-state index contributed by atoms with van der Waals surface area (Å²) in [5.74, 6) is -2.92. The molecular weight excluding hydrogens is 569 g/mol. The summed E-state index contributed by atoms with van der Waals surface area (Å²) >= 11 is 0. The Morgan fingerprint density at radius 3 is 1.39 bits per heavy atom. The Morgan fingerprint density at radius 1 is 0.667 bits per heavy atom. The molecule has 0 saturated heterocycles. The Labute approximate surface area is 283 Å². The van der Waals surface area contributed by atoms with Gasteiger partial charge in [-0.3, -0.25) is 18.5 Å². The molecule has 0 aromatic rings. The van der Waals surface area contributed by atoms with E-state index in [-0.39, 0.29) is 95.1 Å². The maximum atomic E-state index is 12.1.